The maximum atomic E-state index is 10.2. The van der Waals surface area contributed by atoms with Crippen LogP contribution in [0.4, 0.5) is 5.69 Å². The summed E-state index contributed by atoms with van der Waals surface area (Å²) in [7, 11) is 0. The van der Waals surface area contributed by atoms with Crippen LogP contribution >= 0.6 is 0 Å². The van der Waals surface area contributed by atoms with Gasteiger partial charge in [0, 0.05) is 5.69 Å². The molecular formula is C19H30NO2. The molecule has 0 aliphatic carbocycles. The molecule has 0 atom stereocenters. The van der Waals surface area contributed by atoms with Crippen molar-refractivity contribution in [1.82, 2.24) is 0 Å². The monoisotopic (exact) mass is 304 g/mol. The molecule has 1 aromatic carbocycles. The molecule has 22 heavy (non-hydrogen) atoms. The van der Waals surface area contributed by atoms with Gasteiger partial charge in [0.2, 0.25) is 0 Å². The minimum atomic E-state index is 0.737. The second-order valence-electron chi connectivity index (χ2n) is 5.78. The Labute approximate surface area is 135 Å². The Bertz CT molecular complexity index is 376. The first-order chi connectivity index (χ1) is 10.9. The second-order valence-corrected chi connectivity index (χ2v) is 5.78. The molecule has 0 saturated carbocycles. The van der Waals surface area contributed by atoms with Gasteiger partial charge in [0.15, 0.2) is 0 Å². The second kappa shape index (κ2) is 13.2. The molecule has 0 bridgehead atoms. The van der Waals surface area contributed by atoms with Crippen LogP contribution in [-0.4, -0.2) is 13.0 Å². The minimum absolute atomic E-state index is 0.737. The fourth-order valence-electron chi connectivity index (χ4n) is 2.47. The summed E-state index contributed by atoms with van der Waals surface area (Å²) in [4.78, 5) is 10.2. The van der Waals surface area contributed by atoms with Gasteiger partial charge in [0.05, 0.1) is 6.61 Å². The Morgan fingerprint density at radius 2 is 1.41 bits per heavy atom. The number of anilines is 1. The predicted octanol–water partition coefficient (Wildman–Crippen LogP) is 5.47. The van der Waals surface area contributed by atoms with Gasteiger partial charge >= 0.3 is 6.41 Å². The zero-order chi connectivity index (χ0) is 15.9. The Kier molecular flexibility index (Phi) is 11.1. The Balaban J connectivity index is 1.91. The number of ether oxygens (including phenoxy) is 1. The molecule has 0 fully saturated rings. The van der Waals surface area contributed by atoms with E-state index in [-0.39, 0.29) is 0 Å². The molecule has 3 heteroatoms. The summed E-state index contributed by atoms with van der Waals surface area (Å²) in [6.45, 7) is 3.03. The fraction of sp³-hybridized carbons (Fsp3) is 0.632. The van der Waals surface area contributed by atoms with E-state index < -0.39 is 0 Å². The number of rotatable bonds is 14. The maximum Gasteiger partial charge on any atom is 0.314 e. The average molecular weight is 304 g/mol. The van der Waals surface area contributed by atoms with Crippen molar-refractivity contribution >= 4 is 12.1 Å². The minimum Gasteiger partial charge on any atom is -0.494 e. The Morgan fingerprint density at radius 3 is 1.95 bits per heavy atom. The third kappa shape index (κ3) is 9.43. The number of nitrogens with one attached hydrogen (secondary N) is 1. The lowest BCUT2D eigenvalue weighted by molar-refractivity contribution is 0.304. The average Bonchev–Trinajstić information content (AvgIpc) is 2.54. The molecule has 1 radical (unpaired) electrons. The number of hydrogen-bond acceptors (Lipinski definition) is 2. The Morgan fingerprint density at radius 1 is 0.864 bits per heavy atom. The molecule has 0 aromatic heterocycles. The Hall–Kier alpha value is -1.51. The van der Waals surface area contributed by atoms with Gasteiger partial charge in [-0.15, -0.1) is 0 Å². The summed E-state index contributed by atoms with van der Waals surface area (Å²) in [5, 5.41) is 2.49. The first-order valence-corrected chi connectivity index (χ1v) is 8.73. The first kappa shape index (κ1) is 18.5. The van der Waals surface area contributed by atoms with Crippen LogP contribution in [0.25, 0.3) is 0 Å². The highest BCUT2D eigenvalue weighted by Crippen LogP contribution is 2.16. The number of hydrogen-bond donors (Lipinski definition) is 1. The molecular weight excluding hydrogens is 274 g/mol. The van der Waals surface area contributed by atoms with Gasteiger partial charge in [-0.1, -0.05) is 64.7 Å². The lowest BCUT2D eigenvalue weighted by Crippen LogP contribution is -1.98. The van der Waals surface area contributed by atoms with Crippen molar-refractivity contribution in [3.05, 3.63) is 24.3 Å². The normalized spacial score (nSPS) is 10.4. The van der Waals surface area contributed by atoms with Crippen LogP contribution in [0.2, 0.25) is 0 Å². The van der Waals surface area contributed by atoms with Crippen LogP contribution in [-0.2, 0) is 4.79 Å². The van der Waals surface area contributed by atoms with Crippen molar-refractivity contribution in [2.75, 3.05) is 11.9 Å². The third-order valence-electron chi connectivity index (χ3n) is 3.82. The predicted molar refractivity (Wildman–Crippen MR) is 93.1 cm³/mol. The highest BCUT2D eigenvalue weighted by Gasteiger charge is 1.96. The fourth-order valence-corrected chi connectivity index (χ4v) is 2.47. The van der Waals surface area contributed by atoms with E-state index in [4.69, 9.17) is 4.74 Å². The van der Waals surface area contributed by atoms with Crippen molar-refractivity contribution in [2.45, 2.75) is 71.1 Å². The van der Waals surface area contributed by atoms with Crippen molar-refractivity contribution in [3.63, 3.8) is 0 Å². The highest BCUT2D eigenvalue weighted by atomic mass is 16.5. The van der Waals surface area contributed by atoms with Gasteiger partial charge in [-0.05, 0) is 30.7 Å². The number of carbonyl (C=O) groups excluding carboxylic acids is 1. The first-order valence-electron chi connectivity index (χ1n) is 8.73. The van der Waals surface area contributed by atoms with E-state index in [0.29, 0.717) is 0 Å². The SMILES string of the molecule is CCCCCCCCCCCCOc1ccc(N[C]=O)cc1. The third-order valence-corrected chi connectivity index (χ3v) is 3.82. The molecule has 3 nitrogen and oxygen atoms in total. The summed E-state index contributed by atoms with van der Waals surface area (Å²) in [6.07, 6.45) is 15.0. The van der Waals surface area contributed by atoms with Gasteiger partial charge < -0.3 is 10.1 Å². The molecule has 0 heterocycles. The van der Waals surface area contributed by atoms with Gasteiger partial charge in [0.25, 0.3) is 0 Å². The van der Waals surface area contributed by atoms with E-state index in [0.717, 1.165) is 24.5 Å². The van der Waals surface area contributed by atoms with Gasteiger partial charge in [-0.25, -0.2) is 0 Å². The molecule has 1 amide bonds. The lowest BCUT2D eigenvalue weighted by atomic mass is 10.1. The van der Waals surface area contributed by atoms with Crippen LogP contribution in [0.3, 0.4) is 0 Å². The number of benzene rings is 1. The van der Waals surface area contributed by atoms with Gasteiger partial charge in [0.1, 0.15) is 5.75 Å². The smallest absolute Gasteiger partial charge is 0.314 e. The molecule has 0 spiro atoms. The zero-order valence-electron chi connectivity index (χ0n) is 13.9. The van der Waals surface area contributed by atoms with Crippen LogP contribution in [0, 0.1) is 0 Å². The molecule has 1 rings (SSSR count). The molecule has 0 aliphatic heterocycles. The summed E-state index contributed by atoms with van der Waals surface area (Å²) in [5.41, 5.74) is 0.737. The summed E-state index contributed by atoms with van der Waals surface area (Å²) in [6, 6.07) is 7.38. The molecule has 1 aromatic rings. The van der Waals surface area contributed by atoms with E-state index in [1.165, 1.54) is 57.8 Å². The van der Waals surface area contributed by atoms with Crippen molar-refractivity contribution in [3.8, 4) is 5.75 Å². The highest BCUT2D eigenvalue weighted by molar-refractivity contribution is 5.71. The quantitative estimate of drug-likeness (QED) is 0.366. The van der Waals surface area contributed by atoms with Gasteiger partial charge in [-0.2, -0.15) is 0 Å². The van der Waals surface area contributed by atoms with Gasteiger partial charge in [-0.3, -0.25) is 4.79 Å². The van der Waals surface area contributed by atoms with E-state index in [2.05, 4.69) is 12.2 Å². The van der Waals surface area contributed by atoms with Crippen LogP contribution < -0.4 is 10.1 Å². The molecule has 1 N–H and O–H groups in total. The summed E-state index contributed by atoms with van der Waals surface area (Å²) in [5.74, 6) is 0.854. The molecule has 0 saturated heterocycles. The van der Waals surface area contributed by atoms with Crippen molar-refractivity contribution in [1.29, 1.82) is 0 Å². The van der Waals surface area contributed by atoms with E-state index in [9.17, 15) is 4.79 Å². The largest absolute Gasteiger partial charge is 0.494 e. The van der Waals surface area contributed by atoms with Crippen molar-refractivity contribution in [2.24, 2.45) is 0 Å². The zero-order valence-corrected chi connectivity index (χ0v) is 13.9. The van der Waals surface area contributed by atoms with Crippen molar-refractivity contribution < 1.29 is 9.53 Å². The molecule has 0 unspecified atom stereocenters. The summed E-state index contributed by atoms with van der Waals surface area (Å²) < 4.78 is 5.68. The van der Waals surface area contributed by atoms with Crippen LogP contribution in [0.15, 0.2) is 24.3 Å². The molecule has 0 aliphatic rings. The number of amides is 1. The standard InChI is InChI=1S/C19H30NO2/c1-2-3-4-5-6-7-8-9-10-11-16-22-19-14-12-18(13-15-19)20-17-21/h12-15H,2-11,16H2,1H3,(H,20,21). The van der Waals surface area contributed by atoms with Crippen LogP contribution in [0.1, 0.15) is 71.1 Å². The number of unbranched alkanes of at least 4 members (excludes halogenated alkanes) is 9. The molecule has 123 valence electrons. The van der Waals surface area contributed by atoms with E-state index in [1.54, 1.807) is 6.41 Å². The maximum absolute atomic E-state index is 10.2. The lowest BCUT2D eigenvalue weighted by Gasteiger charge is -2.07. The van der Waals surface area contributed by atoms with E-state index in [1.807, 2.05) is 24.3 Å². The van der Waals surface area contributed by atoms with E-state index >= 15 is 0 Å². The van der Waals surface area contributed by atoms with Crippen LogP contribution in [0.5, 0.6) is 5.75 Å². The topological polar surface area (TPSA) is 38.3 Å². The summed E-state index contributed by atoms with van der Waals surface area (Å²) >= 11 is 0.